The summed E-state index contributed by atoms with van der Waals surface area (Å²) in [7, 11) is 5.11. The molecule has 0 heterocycles. The first-order chi connectivity index (χ1) is 13.8. The molecule has 2 rings (SSSR count). The first kappa shape index (κ1) is 25.8. The summed E-state index contributed by atoms with van der Waals surface area (Å²) in [5.74, 6) is 2.38. The largest absolute Gasteiger partial charge is 0.497 e. The van der Waals surface area contributed by atoms with E-state index in [0.29, 0.717) is 12.6 Å². The average Bonchev–Trinajstić information content (AvgIpc) is 3.01. The Hall–Kier alpha value is -1.22. The molecule has 29 heavy (non-hydrogen) atoms. The SMILES string of the molecule is CN=C(NCCCCOC1CCCCCC1)NCc1ccc(OC)cc1OC.I. The van der Waals surface area contributed by atoms with E-state index in [4.69, 9.17) is 14.2 Å². The highest BCUT2D eigenvalue weighted by Gasteiger charge is 2.12. The molecule has 1 aromatic carbocycles. The van der Waals surface area contributed by atoms with Crippen LogP contribution in [0.4, 0.5) is 0 Å². The highest BCUT2D eigenvalue weighted by atomic mass is 127. The molecule has 0 radical (unpaired) electrons. The van der Waals surface area contributed by atoms with E-state index in [9.17, 15) is 0 Å². The van der Waals surface area contributed by atoms with Gasteiger partial charge in [-0.1, -0.05) is 25.7 Å². The number of aliphatic imine (C=N–C) groups is 1. The van der Waals surface area contributed by atoms with E-state index in [1.54, 1.807) is 21.3 Å². The lowest BCUT2D eigenvalue weighted by atomic mass is 10.1. The summed E-state index contributed by atoms with van der Waals surface area (Å²) in [5.41, 5.74) is 1.06. The fourth-order valence-electron chi connectivity index (χ4n) is 3.49. The van der Waals surface area contributed by atoms with Gasteiger partial charge in [0.25, 0.3) is 0 Å². The molecule has 0 atom stereocenters. The van der Waals surface area contributed by atoms with Gasteiger partial charge in [-0.3, -0.25) is 4.99 Å². The predicted molar refractivity (Wildman–Crippen MR) is 130 cm³/mol. The molecule has 166 valence electrons. The number of methoxy groups -OCH3 is 2. The van der Waals surface area contributed by atoms with E-state index >= 15 is 0 Å². The average molecular weight is 519 g/mol. The van der Waals surface area contributed by atoms with Crippen LogP contribution in [-0.2, 0) is 11.3 Å². The molecule has 0 amide bonds. The van der Waals surface area contributed by atoms with Crippen molar-refractivity contribution in [2.75, 3.05) is 34.4 Å². The lowest BCUT2D eigenvalue weighted by Gasteiger charge is -2.16. The zero-order valence-corrected chi connectivity index (χ0v) is 20.5. The number of guanidine groups is 1. The zero-order chi connectivity index (χ0) is 20.0. The molecule has 0 aliphatic heterocycles. The van der Waals surface area contributed by atoms with Gasteiger partial charge in [-0.05, 0) is 37.8 Å². The predicted octanol–water partition coefficient (Wildman–Crippen LogP) is 4.51. The highest BCUT2D eigenvalue weighted by molar-refractivity contribution is 14.0. The molecule has 1 saturated carbocycles. The van der Waals surface area contributed by atoms with Crippen molar-refractivity contribution >= 4 is 29.9 Å². The maximum absolute atomic E-state index is 6.05. The minimum absolute atomic E-state index is 0. The second-order valence-corrected chi connectivity index (χ2v) is 7.22. The first-order valence-electron chi connectivity index (χ1n) is 10.5. The van der Waals surface area contributed by atoms with Gasteiger partial charge in [-0.2, -0.15) is 0 Å². The smallest absolute Gasteiger partial charge is 0.191 e. The first-order valence-corrected chi connectivity index (χ1v) is 10.5. The van der Waals surface area contributed by atoms with Crippen molar-refractivity contribution in [2.45, 2.75) is 64.0 Å². The summed E-state index contributed by atoms with van der Waals surface area (Å²) in [5, 5.41) is 6.70. The van der Waals surface area contributed by atoms with Crippen molar-refractivity contribution in [1.29, 1.82) is 0 Å². The fraction of sp³-hybridized carbons (Fsp3) is 0.682. The van der Waals surface area contributed by atoms with Crippen molar-refractivity contribution in [3.05, 3.63) is 23.8 Å². The number of nitrogens with one attached hydrogen (secondary N) is 2. The van der Waals surface area contributed by atoms with E-state index in [2.05, 4.69) is 15.6 Å². The summed E-state index contributed by atoms with van der Waals surface area (Å²) in [6.07, 6.45) is 10.5. The number of unbranched alkanes of at least 4 members (excludes halogenated alkanes) is 1. The minimum Gasteiger partial charge on any atom is -0.497 e. The molecular formula is C22H38IN3O3. The molecule has 0 saturated heterocycles. The van der Waals surface area contributed by atoms with Gasteiger partial charge < -0.3 is 24.8 Å². The van der Waals surface area contributed by atoms with Gasteiger partial charge in [0.15, 0.2) is 5.96 Å². The Kier molecular flexibility index (Phi) is 13.9. The van der Waals surface area contributed by atoms with E-state index in [-0.39, 0.29) is 24.0 Å². The number of nitrogens with zero attached hydrogens (tertiary/aromatic N) is 1. The molecule has 0 spiro atoms. The van der Waals surface area contributed by atoms with E-state index in [0.717, 1.165) is 49.0 Å². The van der Waals surface area contributed by atoms with Gasteiger partial charge in [0.1, 0.15) is 11.5 Å². The van der Waals surface area contributed by atoms with Crippen LogP contribution in [0.2, 0.25) is 0 Å². The normalized spacial score (nSPS) is 15.2. The van der Waals surface area contributed by atoms with Crippen molar-refractivity contribution in [2.24, 2.45) is 4.99 Å². The monoisotopic (exact) mass is 519 g/mol. The van der Waals surface area contributed by atoms with Crippen LogP contribution in [0.15, 0.2) is 23.2 Å². The van der Waals surface area contributed by atoms with Crippen molar-refractivity contribution in [1.82, 2.24) is 10.6 Å². The second-order valence-electron chi connectivity index (χ2n) is 7.22. The molecule has 0 bridgehead atoms. The number of ether oxygens (including phenoxy) is 3. The number of halogens is 1. The maximum Gasteiger partial charge on any atom is 0.191 e. The third kappa shape index (κ3) is 9.89. The van der Waals surface area contributed by atoms with Crippen LogP contribution >= 0.6 is 24.0 Å². The number of benzene rings is 1. The Morgan fingerprint density at radius 2 is 1.79 bits per heavy atom. The van der Waals surface area contributed by atoms with Gasteiger partial charge in [-0.15, -0.1) is 24.0 Å². The van der Waals surface area contributed by atoms with Crippen LogP contribution in [0.3, 0.4) is 0 Å². The van der Waals surface area contributed by atoms with Crippen LogP contribution in [0.25, 0.3) is 0 Å². The van der Waals surface area contributed by atoms with Gasteiger partial charge in [0.05, 0.1) is 20.3 Å². The Bertz CT molecular complexity index is 591. The van der Waals surface area contributed by atoms with Crippen molar-refractivity contribution < 1.29 is 14.2 Å². The molecule has 1 fully saturated rings. The lowest BCUT2D eigenvalue weighted by molar-refractivity contribution is 0.0411. The molecule has 1 aliphatic rings. The molecule has 0 aromatic heterocycles. The quantitative estimate of drug-likeness (QED) is 0.157. The lowest BCUT2D eigenvalue weighted by Crippen LogP contribution is -2.37. The summed E-state index contributed by atoms with van der Waals surface area (Å²) in [6.45, 7) is 2.38. The van der Waals surface area contributed by atoms with Gasteiger partial charge in [0, 0.05) is 38.4 Å². The molecule has 7 heteroatoms. The molecule has 6 nitrogen and oxygen atoms in total. The molecular weight excluding hydrogens is 481 g/mol. The Morgan fingerprint density at radius 3 is 2.45 bits per heavy atom. The summed E-state index contributed by atoms with van der Waals surface area (Å²) in [6, 6.07) is 5.83. The number of hydrogen-bond acceptors (Lipinski definition) is 4. The van der Waals surface area contributed by atoms with E-state index < -0.39 is 0 Å². The maximum atomic E-state index is 6.05. The summed E-state index contributed by atoms with van der Waals surface area (Å²) < 4.78 is 16.7. The second kappa shape index (κ2) is 15.6. The van der Waals surface area contributed by atoms with Crippen LogP contribution in [-0.4, -0.2) is 46.5 Å². The van der Waals surface area contributed by atoms with Crippen LogP contribution < -0.4 is 20.1 Å². The number of rotatable bonds is 10. The summed E-state index contributed by atoms with van der Waals surface area (Å²) >= 11 is 0. The van der Waals surface area contributed by atoms with Gasteiger partial charge >= 0.3 is 0 Å². The van der Waals surface area contributed by atoms with E-state index in [1.807, 2.05) is 18.2 Å². The van der Waals surface area contributed by atoms with Crippen LogP contribution in [0, 0.1) is 0 Å². The topological polar surface area (TPSA) is 64.1 Å². The number of hydrogen-bond donors (Lipinski definition) is 2. The Morgan fingerprint density at radius 1 is 1.03 bits per heavy atom. The Balaban J connectivity index is 0.00000420. The minimum atomic E-state index is 0. The zero-order valence-electron chi connectivity index (χ0n) is 18.2. The van der Waals surface area contributed by atoms with Crippen molar-refractivity contribution in [3.63, 3.8) is 0 Å². The van der Waals surface area contributed by atoms with Gasteiger partial charge in [0.2, 0.25) is 0 Å². The molecule has 2 N–H and O–H groups in total. The Labute approximate surface area is 193 Å². The molecule has 0 unspecified atom stereocenters. The van der Waals surface area contributed by atoms with E-state index in [1.165, 1.54) is 38.5 Å². The standard InChI is InChI=1S/C22H37N3O3.HI/c1-23-22(25-17-18-12-13-20(26-2)16-21(18)27-3)24-14-8-9-15-28-19-10-6-4-5-7-11-19;/h12-13,16,19H,4-11,14-15,17H2,1-3H3,(H2,23,24,25);1H. The van der Waals surface area contributed by atoms with Crippen molar-refractivity contribution in [3.8, 4) is 11.5 Å². The van der Waals surface area contributed by atoms with Crippen LogP contribution in [0.5, 0.6) is 11.5 Å². The third-order valence-corrected chi connectivity index (χ3v) is 5.18. The summed E-state index contributed by atoms with van der Waals surface area (Å²) in [4.78, 5) is 4.29. The molecule has 1 aliphatic carbocycles. The van der Waals surface area contributed by atoms with Crippen LogP contribution in [0.1, 0.15) is 56.9 Å². The highest BCUT2D eigenvalue weighted by Crippen LogP contribution is 2.24. The van der Waals surface area contributed by atoms with Gasteiger partial charge in [-0.25, -0.2) is 0 Å². The fourth-order valence-corrected chi connectivity index (χ4v) is 3.49. The molecule has 1 aromatic rings. The third-order valence-electron chi connectivity index (χ3n) is 5.18.